The zero-order chi connectivity index (χ0) is 9.14. The summed E-state index contributed by atoms with van der Waals surface area (Å²) in [7, 11) is 1.36. The standard InChI is InChI=1S/C8H15NO3/c1-6-3-7(5-10)9(4-6)8(11)12-2/h6-7,10H,3-5H2,1-2H3. The lowest BCUT2D eigenvalue weighted by Crippen LogP contribution is -2.37. The number of ether oxygens (including phenoxy) is 1. The molecule has 0 radical (unpaired) electrons. The van der Waals surface area contributed by atoms with Crippen molar-refractivity contribution in [2.75, 3.05) is 20.3 Å². The van der Waals surface area contributed by atoms with Crippen molar-refractivity contribution in [2.24, 2.45) is 5.92 Å². The molecule has 0 aliphatic carbocycles. The zero-order valence-electron chi connectivity index (χ0n) is 7.49. The maximum atomic E-state index is 11.1. The summed E-state index contributed by atoms with van der Waals surface area (Å²) in [5, 5.41) is 8.95. The van der Waals surface area contributed by atoms with Gasteiger partial charge in [0.1, 0.15) is 0 Å². The minimum atomic E-state index is -0.335. The summed E-state index contributed by atoms with van der Waals surface area (Å²) in [4.78, 5) is 12.7. The van der Waals surface area contributed by atoms with Gasteiger partial charge >= 0.3 is 6.09 Å². The van der Waals surface area contributed by atoms with Crippen LogP contribution in [0.3, 0.4) is 0 Å². The quantitative estimate of drug-likeness (QED) is 0.626. The number of aliphatic hydroxyl groups excluding tert-OH is 1. The molecule has 0 spiro atoms. The first-order valence-corrected chi connectivity index (χ1v) is 4.14. The van der Waals surface area contributed by atoms with Gasteiger partial charge in [0, 0.05) is 6.54 Å². The predicted octanol–water partition coefficient (Wildman–Crippen LogP) is 0.455. The van der Waals surface area contributed by atoms with Gasteiger partial charge in [0.2, 0.25) is 0 Å². The van der Waals surface area contributed by atoms with Crippen molar-refractivity contribution in [3.63, 3.8) is 0 Å². The molecule has 1 aliphatic rings. The van der Waals surface area contributed by atoms with Gasteiger partial charge in [0.05, 0.1) is 19.8 Å². The van der Waals surface area contributed by atoms with Crippen LogP contribution in [0.2, 0.25) is 0 Å². The fraction of sp³-hybridized carbons (Fsp3) is 0.875. The van der Waals surface area contributed by atoms with E-state index in [1.165, 1.54) is 7.11 Å². The minimum absolute atomic E-state index is 0.0272. The van der Waals surface area contributed by atoms with E-state index in [-0.39, 0.29) is 18.7 Å². The number of amides is 1. The molecule has 2 unspecified atom stereocenters. The van der Waals surface area contributed by atoms with Crippen LogP contribution in [0.5, 0.6) is 0 Å². The maximum Gasteiger partial charge on any atom is 0.409 e. The summed E-state index contributed by atoms with van der Waals surface area (Å²) in [6, 6.07) is -0.0487. The normalized spacial score (nSPS) is 29.1. The van der Waals surface area contributed by atoms with Crippen LogP contribution in [-0.4, -0.2) is 42.4 Å². The first-order chi connectivity index (χ1) is 5.69. The van der Waals surface area contributed by atoms with Gasteiger partial charge in [-0.05, 0) is 12.3 Å². The number of aliphatic hydroxyl groups is 1. The molecule has 0 aromatic carbocycles. The van der Waals surface area contributed by atoms with Crippen molar-refractivity contribution in [1.82, 2.24) is 4.90 Å². The molecule has 1 amide bonds. The largest absolute Gasteiger partial charge is 0.453 e. The molecule has 1 N–H and O–H groups in total. The van der Waals surface area contributed by atoms with Crippen LogP contribution in [0.25, 0.3) is 0 Å². The second-order valence-electron chi connectivity index (χ2n) is 3.30. The van der Waals surface area contributed by atoms with Crippen molar-refractivity contribution in [3.05, 3.63) is 0 Å². The van der Waals surface area contributed by atoms with E-state index >= 15 is 0 Å². The summed E-state index contributed by atoms with van der Waals surface area (Å²) in [5.41, 5.74) is 0. The third-order valence-electron chi connectivity index (χ3n) is 2.24. The minimum Gasteiger partial charge on any atom is -0.453 e. The summed E-state index contributed by atoms with van der Waals surface area (Å²) in [6.45, 7) is 2.78. The Balaban J connectivity index is 2.57. The number of hydrogen-bond donors (Lipinski definition) is 1. The molecule has 12 heavy (non-hydrogen) atoms. The lowest BCUT2D eigenvalue weighted by atomic mass is 10.1. The van der Waals surface area contributed by atoms with Gasteiger partial charge in [-0.3, -0.25) is 0 Å². The van der Waals surface area contributed by atoms with Crippen molar-refractivity contribution < 1.29 is 14.6 Å². The van der Waals surface area contributed by atoms with Crippen molar-refractivity contribution >= 4 is 6.09 Å². The molecule has 1 rings (SSSR count). The van der Waals surface area contributed by atoms with Gasteiger partial charge in [-0.1, -0.05) is 6.92 Å². The number of carbonyl (C=O) groups excluding carboxylic acids is 1. The Morgan fingerprint density at radius 3 is 2.92 bits per heavy atom. The van der Waals surface area contributed by atoms with Crippen LogP contribution in [-0.2, 0) is 4.74 Å². The highest BCUT2D eigenvalue weighted by molar-refractivity contribution is 5.68. The fourth-order valence-corrected chi connectivity index (χ4v) is 1.67. The van der Waals surface area contributed by atoms with Gasteiger partial charge in [0.15, 0.2) is 0 Å². The molecule has 0 aromatic rings. The van der Waals surface area contributed by atoms with E-state index in [1.54, 1.807) is 4.90 Å². The fourth-order valence-electron chi connectivity index (χ4n) is 1.67. The van der Waals surface area contributed by atoms with E-state index in [0.29, 0.717) is 12.5 Å². The van der Waals surface area contributed by atoms with E-state index < -0.39 is 0 Å². The third-order valence-corrected chi connectivity index (χ3v) is 2.24. The number of nitrogens with zero attached hydrogens (tertiary/aromatic N) is 1. The number of carbonyl (C=O) groups is 1. The topological polar surface area (TPSA) is 49.8 Å². The van der Waals surface area contributed by atoms with E-state index in [0.717, 1.165) is 6.42 Å². The summed E-state index contributed by atoms with van der Waals surface area (Å²) in [6.07, 6.45) is 0.532. The Morgan fingerprint density at radius 2 is 2.42 bits per heavy atom. The number of hydrogen-bond acceptors (Lipinski definition) is 3. The molecule has 4 nitrogen and oxygen atoms in total. The van der Waals surface area contributed by atoms with Gasteiger partial charge in [0.25, 0.3) is 0 Å². The van der Waals surface area contributed by atoms with Gasteiger partial charge < -0.3 is 14.7 Å². The molecule has 1 saturated heterocycles. The smallest absolute Gasteiger partial charge is 0.409 e. The highest BCUT2D eigenvalue weighted by Gasteiger charge is 2.32. The van der Waals surface area contributed by atoms with E-state index in [2.05, 4.69) is 11.7 Å². The molecule has 0 aromatic heterocycles. The van der Waals surface area contributed by atoms with Crippen LogP contribution in [0.15, 0.2) is 0 Å². The molecule has 1 fully saturated rings. The Hall–Kier alpha value is -0.770. The van der Waals surface area contributed by atoms with Gasteiger partial charge in [-0.25, -0.2) is 4.79 Å². The highest BCUT2D eigenvalue weighted by atomic mass is 16.5. The molecular formula is C8H15NO3. The number of rotatable bonds is 1. The van der Waals surface area contributed by atoms with Crippen LogP contribution in [0, 0.1) is 5.92 Å². The van der Waals surface area contributed by atoms with Crippen molar-refractivity contribution in [1.29, 1.82) is 0 Å². The molecule has 70 valence electrons. The Morgan fingerprint density at radius 1 is 1.75 bits per heavy atom. The second-order valence-corrected chi connectivity index (χ2v) is 3.30. The first kappa shape index (κ1) is 9.32. The van der Waals surface area contributed by atoms with Crippen molar-refractivity contribution in [2.45, 2.75) is 19.4 Å². The molecular weight excluding hydrogens is 158 g/mol. The van der Waals surface area contributed by atoms with Crippen LogP contribution in [0.4, 0.5) is 4.79 Å². The Labute approximate surface area is 72.1 Å². The van der Waals surface area contributed by atoms with Gasteiger partial charge in [-0.15, -0.1) is 0 Å². The average molecular weight is 173 g/mol. The monoisotopic (exact) mass is 173 g/mol. The average Bonchev–Trinajstić information content (AvgIpc) is 2.45. The molecule has 4 heteroatoms. The first-order valence-electron chi connectivity index (χ1n) is 4.14. The molecule has 1 aliphatic heterocycles. The van der Waals surface area contributed by atoms with E-state index in [4.69, 9.17) is 5.11 Å². The zero-order valence-corrected chi connectivity index (χ0v) is 7.49. The molecule has 0 saturated carbocycles. The second kappa shape index (κ2) is 3.76. The Bertz CT molecular complexity index is 172. The highest BCUT2D eigenvalue weighted by Crippen LogP contribution is 2.22. The Kier molecular flexibility index (Phi) is 2.92. The van der Waals surface area contributed by atoms with Crippen LogP contribution in [0.1, 0.15) is 13.3 Å². The van der Waals surface area contributed by atoms with Crippen LogP contribution >= 0.6 is 0 Å². The van der Waals surface area contributed by atoms with Crippen molar-refractivity contribution in [3.8, 4) is 0 Å². The van der Waals surface area contributed by atoms with E-state index in [9.17, 15) is 4.79 Å². The number of methoxy groups -OCH3 is 1. The van der Waals surface area contributed by atoms with Crippen LogP contribution < -0.4 is 0 Å². The SMILES string of the molecule is COC(=O)N1CC(C)CC1CO. The van der Waals surface area contributed by atoms with Gasteiger partial charge in [-0.2, -0.15) is 0 Å². The third kappa shape index (κ3) is 1.69. The lowest BCUT2D eigenvalue weighted by molar-refractivity contribution is 0.101. The number of likely N-dealkylation sites (tertiary alicyclic amines) is 1. The molecule has 1 heterocycles. The predicted molar refractivity (Wildman–Crippen MR) is 43.8 cm³/mol. The maximum absolute atomic E-state index is 11.1. The summed E-state index contributed by atoms with van der Waals surface area (Å²) >= 11 is 0. The summed E-state index contributed by atoms with van der Waals surface area (Å²) in [5.74, 6) is 0.459. The molecule has 2 atom stereocenters. The van der Waals surface area contributed by atoms with E-state index in [1.807, 2.05) is 0 Å². The summed E-state index contributed by atoms with van der Waals surface area (Å²) < 4.78 is 4.59. The lowest BCUT2D eigenvalue weighted by Gasteiger charge is -2.20. The molecule has 0 bridgehead atoms.